The standard InChI is InChI=1S/C16H13N3OS/c1-10-4-3-5-12-15(10)19(16(21)18-12)13-7-6-11(9-17)8-14(13)20-2/h3-8H,1-2H3,(H,18,21). The van der Waals surface area contributed by atoms with Crippen molar-refractivity contribution in [3.8, 4) is 17.5 Å². The van der Waals surface area contributed by atoms with Crippen LogP contribution in [-0.4, -0.2) is 16.7 Å². The van der Waals surface area contributed by atoms with Gasteiger partial charge >= 0.3 is 0 Å². The van der Waals surface area contributed by atoms with E-state index in [2.05, 4.69) is 11.1 Å². The van der Waals surface area contributed by atoms with Crippen molar-refractivity contribution in [3.63, 3.8) is 0 Å². The molecule has 0 aliphatic rings. The SMILES string of the molecule is COc1cc(C#N)ccc1-n1c(=S)[nH]c2cccc(C)c21. The maximum atomic E-state index is 9.01. The Morgan fingerprint density at radius 3 is 2.81 bits per heavy atom. The zero-order chi connectivity index (χ0) is 15.0. The van der Waals surface area contributed by atoms with Crippen LogP contribution in [0, 0.1) is 23.0 Å². The average molecular weight is 295 g/mol. The minimum atomic E-state index is 0.554. The van der Waals surface area contributed by atoms with Crippen LogP contribution < -0.4 is 4.74 Å². The van der Waals surface area contributed by atoms with E-state index in [0.29, 0.717) is 16.1 Å². The third-order valence-corrected chi connectivity index (χ3v) is 3.74. The lowest BCUT2D eigenvalue weighted by atomic mass is 10.1. The minimum absolute atomic E-state index is 0.554. The molecule has 1 N–H and O–H groups in total. The highest BCUT2D eigenvalue weighted by molar-refractivity contribution is 7.71. The van der Waals surface area contributed by atoms with Gasteiger partial charge in [-0.25, -0.2) is 0 Å². The molecule has 0 atom stereocenters. The molecule has 104 valence electrons. The third kappa shape index (κ3) is 2.10. The zero-order valence-electron chi connectivity index (χ0n) is 11.7. The maximum absolute atomic E-state index is 9.01. The number of ether oxygens (including phenoxy) is 1. The quantitative estimate of drug-likeness (QED) is 0.730. The van der Waals surface area contributed by atoms with Gasteiger partial charge in [-0.1, -0.05) is 12.1 Å². The highest BCUT2D eigenvalue weighted by Gasteiger charge is 2.13. The van der Waals surface area contributed by atoms with Crippen LogP contribution in [0.5, 0.6) is 5.75 Å². The summed E-state index contributed by atoms with van der Waals surface area (Å²) in [4.78, 5) is 3.20. The number of para-hydroxylation sites is 1. The first-order chi connectivity index (χ1) is 10.2. The van der Waals surface area contributed by atoms with Crippen molar-refractivity contribution in [2.45, 2.75) is 6.92 Å². The fourth-order valence-corrected chi connectivity index (χ4v) is 2.79. The molecule has 5 heteroatoms. The Bertz CT molecular complexity index is 931. The molecule has 1 aromatic heterocycles. The van der Waals surface area contributed by atoms with Crippen LogP contribution in [0.4, 0.5) is 0 Å². The van der Waals surface area contributed by atoms with Gasteiger partial charge < -0.3 is 9.72 Å². The van der Waals surface area contributed by atoms with Crippen LogP contribution in [0.25, 0.3) is 16.7 Å². The number of imidazole rings is 1. The highest BCUT2D eigenvalue weighted by atomic mass is 32.1. The number of nitriles is 1. The molecule has 0 radical (unpaired) electrons. The van der Waals surface area contributed by atoms with Crippen LogP contribution in [-0.2, 0) is 0 Å². The molecule has 0 spiro atoms. The van der Waals surface area contributed by atoms with Gasteiger partial charge in [0.2, 0.25) is 0 Å². The van der Waals surface area contributed by atoms with Crippen LogP contribution in [0.2, 0.25) is 0 Å². The molecule has 3 aromatic rings. The molecule has 0 aliphatic carbocycles. The number of fused-ring (bicyclic) bond motifs is 1. The number of nitrogens with zero attached hydrogens (tertiary/aromatic N) is 2. The number of aromatic nitrogens is 2. The number of rotatable bonds is 2. The van der Waals surface area contributed by atoms with E-state index in [9.17, 15) is 0 Å². The molecular weight excluding hydrogens is 282 g/mol. The van der Waals surface area contributed by atoms with Gasteiger partial charge in [0.1, 0.15) is 5.75 Å². The summed E-state index contributed by atoms with van der Waals surface area (Å²) < 4.78 is 7.97. The topological polar surface area (TPSA) is 53.7 Å². The number of aryl methyl sites for hydroxylation is 1. The Morgan fingerprint density at radius 2 is 2.10 bits per heavy atom. The Kier molecular flexibility index (Phi) is 3.24. The lowest BCUT2D eigenvalue weighted by molar-refractivity contribution is 0.413. The van der Waals surface area contributed by atoms with Gasteiger partial charge in [0.25, 0.3) is 0 Å². The lowest BCUT2D eigenvalue weighted by Crippen LogP contribution is -1.99. The van der Waals surface area contributed by atoms with Gasteiger partial charge in [-0.15, -0.1) is 0 Å². The average Bonchev–Trinajstić information content (AvgIpc) is 2.84. The van der Waals surface area contributed by atoms with Gasteiger partial charge in [-0.05, 0) is 42.9 Å². The Morgan fingerprint density at radius 1 is 1.29 bits per heavy atom. The summed E-state index contributed by atoms with van der Waals surface area (Å²) in [6.07, 6.45) is 0. The van der Waals surface area contributed by atoms with Crippen LogP contribution in [0.3, 0.4) is 0 Å². The molecule has 0 amide bonds. The number of hydrogen-bond acceptors (Lipinski definition) is 3. The summed E-state index contributed by atoms with van der Waals surface area (Å²) in [7, 11) is 1.59. The summed E-state index contributed by atoms with van der Waals surface area (Å²) in [6.45, 7) is 2.04. The van der Waals surface area contributed by atoms with E-state index in [-0.39, 0.29) is 0 Å². The molecule has 21 heavy (non-hydrogen) atoms. The third-order valence-electron chi connectivity index (χ3n) is 3.46. The normalized spacial score (nSPS) is 10.5. The van der Waals surface area contributed by atoms with Gasteiger partial charge in [-0.2, -0.15) is 5.26 Å². The summed E-state index contributed by atoms with van der Waals surface area (Å²) in [6, 6.07) is 13.5. The lowest BCUT2D eigenvalue weighted by Gasteiger charge is -2.11. The number of methoxy groups -OCH3 is 1. The van der Waals surface area contributed by atoms with Gasteiger partial charge in [0.05, 0.1) is 35.5 Å². The van der Waals surface area contributed by atoms with Gasteiger partial charge in [-0.3, -0.25) is 4.57 Å². The molecule has 0 fully saturated rings. The molecule has 0 unspecified atom stereocenters. The Balaban J connectivity index is 2.39. The summed E-state index contributed by atoms with van der Waals surface area (Å²) in [5.41, 5.74) is 4.49. The van der Waals surface area contributed by atoms with Crippen molar-refractivity contribution >= 4 is 23.3 Å². The van der Waals surface area contributed by atoms with E-state index in [1.54, 1.807) is 19.2 Å². The number of aromatic amines is 1. The number of hydrogen-bond donors (Lipinski definition) is 1. The fourth-order valence-electron chi connectivity index (χ4n) is 2.49. The van der Waals surface area contributed by atoms with E-state index in [1.165, 1.54) is 0 Å². The van der Waals surface area contributed by atoms with Gasteiger partial charge in [0.15, 0.2) is 4.77 Å². The number of H-pyrrole nitrogens is 1. The van der Waals surface area contributed by atoms with Crippen LogP contribution >= 0.6 is 12.2 Å². The number of benzene rings is 2. The largest absolute Gasteiger partial charge is 0.495 e. The van der Waals surface area contributed by atoms with E-state index in [1.807, 2.05) is 35.8 Å². The van der Waals surface area contributed by atoms with Crippen molar-refractivity contribution in [2.24, 2.45) is 0 Å². The smallest absolute Gasteiger partial charge is 0.182 e. The first-order valence-corrected chi connectivity index (χ1v) is 6.85. The maximum Gasteiger partial charge on any atom is 0.182 e. The first-order valence-electron chi connectivity index (χ1n) is 6.44. The van der Waals surface area contributed by atoms with Gasteiger partial charge in [0, 0.05) is 6.07 Å². The molecule has 2 aromatic carbocycles. The number of nitrogens with one attached hydrogen (secondary N) is 1. The van der Waals surface area contributed by atoms with Crippen molar-refractivity contribution in [3.05, 3.63) is 52.3 Å². The monoisotopic (exact) mass is 295 g/mol. The molecule has 0 aliphatic heterocycles. The molecule has 1 heterocycles. The van der Waals surface area contributed by atoms with E-state index in [4.69, 9.17) is 22.2 Å². The molecular formula is C16H13N3OS. The van der Waals surface area contributed by atoms with E-state index >= 15 is 0 Å². The van der Waals surface area contributed by atoms with E-state index in [0.717, 1.165) is 22.3 Å². The van der Waals surface area contributed by atoms with Crippen molar-refractivity contribution in [2.75, 3.05) is 7.11 Å². The van der Waals surface area contributed by atoms with Crippen LogP contribution in [0.1, 0.15) is 11.1 Å². The summed E-state index contributed by atoms with van der Waals surface area (Å²) in [5.74, 6) is 0.620. The molecule has 0 saturated heterocycles. The Labute approximate surface area is 127 Å². The summed E-state index contributed by atoms with van der Waals surface area (Å²) in [5, 5.41) is 9.01. The van der Waals surface area contributed by atoms with Crippen molar-refractivity contribution in [1.82, 2.24) is 9.55 Å². The molecule has 3 rings (SSSR count). The Hall–Kier alpha value is -2.58. The second kappa shape index (κ2) is 5.08. The minimum Gasteiger partial charge on any atom is -0.495 e. The predicted octanol–water partition coefficient (Wildman–Crippen LogP) is 3.88. The second-order valence-corrected chi connectivity index (χ2v) is 5.12. The van der Waals surface area contributed by atoms with E-state index < -0.39 is 0 Å². The summed E-state index contributed by atoms with van der Waals surface area (Å²) >= 11 is 5.45. The van der Waals surface area contributed by atoms with Crippen molar-refractivity contribution < 1.29 is 4.74 Å². The molecule has 4 nitrogen and oxygen atoms in total. The molecule has 0 bridgehead atoms. The fraction of sp³-hybridized carbons (Fsp3) is 0.125. The van der Waals surface area contributed by atoms with Crippen molar-refractivity contribution in [1.29, 1.82) is 5.26 Å². The first kappa shape index (κ1) is 13.4. The van der Waals surface area contributed by atoms with Crippen LogP contribution in [0.15, 0.2) is 36.4 Å². The predicted molar refractivity (Wildman–Crippen MR) is 84.5 cm³/mol. The molecule has 0 saturated carbocycles. The highest BCUT2D eigenvalue weighted by Crippen LogP contribution is 2.29. The second-order valence-electron chi connectivity index (χ2n) is 4.74. The zero-order valence-corrected chi connectivity index (χ0v) is 12.5.